The third kappa shape index (κ3) is 10.7. The van der Waals surface area contributed by atoms with E-state index in [9.17, 15) is 20.0 Å². The normalized spacial score (nSPS) is 14.7. The molecule has 4 aromatic heterocycles. The highest BCUT2D eigenvalue weighted by Crippen LogP contribution is 2.18. The van der Waals surface area contributed by atoms with Gasteiger partial charge in [-0.25, -0.2) is 24.1 Å². The molecule has 2 saturated heterocycles. The summed E-state index contributed by atoms with van der Waals surface area (Å²) < 4.78 is 19.7. The molecule has 5 aromatic rings. The molecule has 51 heavy (non-hydrogen) atoms. The second-order valence-electron chi connectivity index (χ2n) is 11.8. The van der Waals surface area contributed by atoms with Gasteiger partial charge in [-0.15, -0.1) is 0 Å². The van der Waals surface area contributed by atoms with Crippen molar-refractivity contribution >= 4 is 12.1 Å². The Morgan fingerprint density at radius 2 is 1.33 bits per heavy atom. The number of para-hydroxylation sites is 1. The van der Waals surface area contributed by atoms with E-state index in [1.165, 1.54) is 65.6 Å². The second-order valence-corrected chi connectivity index (χ2v) is 11.8. The number of benzene rings is 1. The summed E-state index contributed by atoms with van der Waals surface area (Å²) in [7, 11) is 3.81. The van der Waals surface area contributed by atoms with Crippen molar-refractivity contribution in [3.8, 4) is 28.3 Å². The Morgan fingerprint density at radius 1 is 0.804 bits per heavy atom. The van der Waals surface area contributed by atoms with Gasteiger partial charge in [0.05, 0.1) is 22.5 Å². The topological polar surface area (TPSA) is 167 Å². The van der Waals surface area contributed by atoms with Gasteiger partial charge in [-0.2, -0.15) is 9.46 Å². The Balaban J connectivity index is 0.000000163. The van der Waals surface area contributed by atoms with Crippen molar-refractivity contribution in [1.29, 1.82) is 0 Å². The first-order valence-corrected chi connectivity index (χ1v) is 16.6. The molecule has 2 aliphatic rings. The molecule has 2 aliphatic heterocycles. The van der Waals surface area contributed by atoms with Crippen LogP contribution in [0.4, 0.5) is 9.59 Å². The number of amides is 1. The SMILES string of the molecule is CN(C(=O)n1cnc(-c2ccc[n+]([O-])c2)c1)C1CCOCC1.CNC1CCOCC1.O=C(Oc1ccccc1)n1cnc(-c2ccc[n+]([O-])c2)c1. The van der Waals surface area contributed by atoms with Crippen LogP contribution in [0, 0.1) is 10.4 Å². The van der Waals surface area contributed by atoms with Gasteiger partial charge in [0, 0.05) is 70.1 Å². The number of hydrogen-bond acceptors (Lipinski definition) is 10. The molecule has 268 valence electrons. The van der Waals surface area contributed by atoms with Crippen LogP contribution in [0.15, 0.2) is 104 Å². The molecular formula is C36H42N8O7. The van der Waals surface area contributed by atoms with E-state index in [0.717, 1.165) is 26.1 Å². The van der Waals surface area contributed by atoms with Crippen LogP contribution in [0.25, 0.3) is 22.5 Å². The van der Waals surface area contributed by atoms with Gasteiger partial charge in [-0.05, 0) is 57.0 Å². The van der Waals surface area contributed by atoms with Gasteiger partial charge in [-0.1, -0.05) is 18.2 Å². The molecule has 0 aliphatic carbocycles. The zero-order valence-corrected chi connectivity index (χ0v) is 28.6. The first-order valence-electron chi connectivity index (χ1n) is 16.6. The van der Waals surface area contributed by atoms with E-state index >= 15 is 0 Å². The number of rotatable bonds is 5. The molecule has 0 saturated carbocycles. The summed E-state index contributed by atoms with van der Waals surface area (Å²) in [4.78, 5) is 34.5. The molecular weight excluding hydrogens is 656 g/mol. The van der Waals surface area contributed by atoms with Crippen molar-refractivity contribution in [3.05, 3.63) is 115 Å². The quantitative estimate of drug-likeness (QED) is 0.210. The highest BCUT2D eigenvalue weighted by molar-refractivity contribution is 5.78. The van der Waals surface area contributed by atoms with Crippen LogP contribution in [0.5, 0.6) is 5.75 Å². The minimum atomic E-state index is -0.564. The van der Waals surface area contributed by atoms with Crippen LogP contribution in [0.3, 0.4) is 0 Å². The Morgan fingerprint density at radius 3 is 1.86 bits per heavy atom. The van der Waals surface area contributed by atoms with Crippen molar-refractivity contribution in [2.24, 2.45) is 0 Å². The lowest BCUT2D eigenvalue weighted by molar-refractivity contribution is -0.605. The summed E-state index contributed by atoms with van der Waals surface area (Å²) >= 11 is 0. The van der Waals surface area contributed by atoms with Crippen LogP contribution in [-0.2, 0) is 9.47 Å². The summed E-state index contributed by atoms with van der Waals surface area (Å²) in [6.07, 6.45) is 15.1. The van der Waals surface area contributed by atoms with Crippen molar-refractivity contribution in [3.63, 3.8) is 0 Å². The van der Waals surface area contributed by atoms with Gasteiger partial charge in [0.25, 0.3) is 0 Å². The van der Waals surface area contributed by atoms with E-state index in [1.54, 1.807) is 66.7 Å². The Kier molecular flexibility index (Phi) is 13.2. The summed E-state index contributed by atoms with van der Waals surface area (Å²) in [5.74, 6) is 0.454. The fourth-order valence-corrected chi connectivity index (χ4v) is 5.40. The van der Waals surface area contributed by atoms with Gasteiger partial charge < -0.3 is 34.8 Å². The van der Waals surface area contributed by atoms with E-state index in [0.29, 0.717) is 57.0 Å². The van der Waals surface area contributed by atoms with E-state index in [2.05, 4.69) is 15.3 Å². The van der Waals surface area contributed by atoms with Crippen LogP contribution in [0.2, 0.25) is 0 Å². The molecule has 0 atom stereocenters. The summed E-state index contributed by atoms with van der Waals surface area (Å²) in [6, 6.07) is 16.3. The van der Waals surface area contributed by atoms with Gasteiger partial charge in [0.1, 0.15) is 18.4 Å². The van der Waals surface area contributed by atoms with Crippen LogP contribution in [-0.4, -0.2) is 88.7 Å². The second kappa shape index (κ2) is 18.4. The monoisotopic (exact) mass is 698 g/mol. The zero-order chi connectivity index (χ0) is 36.0. The maximum absolute atomic E-state index is 12.5. The molecule has 0 unspecified atom stereocenters. The van der Waals surface area contributed by atoms with Crippen LogP contribution in [0.1, 0.15) is 25.7 Å². The maximum atomic E-state index is 12.5. The minimum absolute atomic E-state index is 0.128. The Hall–Kier alpha value is -5.64. The van der Waals surface area contributed by atoms with Crippen molar-refractivity contribution in [1.82, 2.24) is 29.3 Å². The maximum Gasteiger partial charge on any atom is 0.424 e. The van der Waals surface area contributed by atoms with E-state index in [-0.39, 0.29) is 12.1 Å². The first-order chi connectivity index (χ1) is 24.8. The number of nitrogens with zero attached hydrogens (tertiary/aromatic N) is 7. The number of carbonyl (C=O) groups is 2. The molecule has 2 fully saturated rings. The Bertz CT molecular complexity index is 1840. The number of pyridine rings is 2. The lowest BCUT2D eigenvalue weighted by Crippen LogP contribution is -2.42. The predicted molar refractivity (Wildman–Crippen MR) is 186 cm³/mol. The number of hydrogen-bond donors (Lipinski definition) is 1. The average Bonchev–Trinajstić information content (AvgIpc) is 3.88. The molecule has 0 radical (unpaired) electrons. The third-order valence-corrected chi connectivity index (χ3v) is 8.36. The fourth-order valence-electron chi connectivity index (χ4n) is 5.40. The van der Waals surface area contributed by atoms with Crippen molar-refractivity contribution in [2.75, 3.05) is 40.5 Å². The average molecular weight is 699 g/mol. The molecule has 15 heteroatoms. The molecule has 0 bridgehead atoms. The largest absolute Gasteiger partial charge is 0.619 e. The van der Waals surface area contributed by atoms with Gasteiger partial charge in [-0.3, -0.25) is 4.57 Å². The summed E-state index contributed by atoms with van der Waals surface area (Å²) in [5.41, 5.74) is 2.42. The van der Waals surface area contributed by atoms with Gasteiger partial charge >= 0.3 is 12.1 Å². The molecule has 1 aromatic carbocycles. The lowest BCUT2D eigenvalue weighted by Gasteiger charge is -2.30. The van der Waals surface area contributed by atoms with E-state index in [1.807, 2.05) is 13.1 Å². The highest BCUT2D eigenvalue weighted by atomic mass is 16.6. The molecule has 1 amide bonds. The molecule has 6 heterocycles. The minimum Gasteiger partial charge on any atom is -0.619 e. The fraction of sp³-hybridized carbons (Fsp3) is 0.333. The lowest BCUT2D eigenvalue weighted by atomic mass is 10.1. The van der Waals surface area contributed by atoms with Crippen molar-refractivity contribution < 1.29 is 33.3 Å². The summed E-state index contributed by atoms with van der Waals surface area (Å²) in [6.45, 7) is 3.24. The van der Waals surface area contributed by atoms with Crippen LogP contribution < -0.4 is 19.5 Å². The van der Waals surface area contributed by atoms with Gasteiger partial charge in [0.15, 0.2) is 24.8 Å². The smallest absolute Gasteiger partial charge is 0.424 e. The predicted octanol–water partition coefficient (Wildman–Crippen LogP) is 3.88. The van der Waals surface area contributed by atoms with E-state index in [4.69, 9.17) is 14.2 Å². The molecule has 7 rings (SSSR count). The number of aromatic nitrogens is 6. The molecule has 1 N–H and O–H groups in total. The first kappa shape index (κ1) is 36.6. The number of imidazole rings is 2. The standard InChI is InChI=1S/C15H18N4O3.C15H11N3O3.C6H13NO/c1-17(13-4-7-22-8-5-13)15(20)18-10-14(16-11-18)12-3-2-6-19(21)9-12;19-15(21-13-6-2-1-3-7-13)17-10-14(16-11-17)12-5-4-8-18(20)9-12;1-7-6-2-4-8-5-3-6/h2-3,6,9-11,13H,4-5,7-8H2,1H3;1-11H;6-7H,2-5H2,1H3. The molecule has 15 nitrogen and oxygen atoms in total. The zero-order valence-electron chi connectivity index (χ0n) is 28.6. The summed E-state index contributed by atoms with van der Waals surface area (Å²) in [5, 5.41) is 25.8. The number of nitrogens with one attached hydrogen (secondary N) is 1. The highest BCUT2D eigenvalue weighted by Gasteiger charge is 2.24. The molecule has 0 spiro atoms. The van der Waals surface area contributed by atoms with Crippen LogP contribution >= 0.6 is 0 Å². The number of carbonyl (C=O) groups excluding carboxylic acids is 2. The van der Waals surface area contributed by atoms with Gasteiger partial charge in [0.2, 0.25) is 0 Å². The Labute approximate surface area is 295 Å². The van der Waals surface area contributed by atoms with E-state index < -0.39 is 6.09 Å². The third-order valence-electron chi connectivity index (χ3n) is 8.36. The number of ether oxygens (including phenoxy) is 3. The van der Waals surface area contributed by atoms with Crippen molar-refractivity contribution in [2.45, 2.75) is 37.8 Å².